The van der Waals surface area contributed by atoms with Crippen LogP contribution in [-0.4, -0.2) is 20.4 Å². The Hall–Kier alpha value is -1.22. The van der Waals surface area contributed by atoms with Gasteiger partial charge in [-0.2, -0.15) is 0 Å². The van der Waals surface area contributed by atoms with Gasteiger partial charge < -0.3 is 10.2 Å². The van der Waals surface area contributed by atoms with Crippen molar-refractivity contribution < 1.29 is 0 Å². The van der Waals surface area contributed by atoms with Crippen molar-refractivity contribution in [3.8, 4) is 0 Å². The molecule has 0 aliphatic carbocycles. The number of fused-ring (bicyclic) bond motifs is 1. The van der Waals surface area contributed by atoms with Gasteiger partial charge in [-0.25, -0.2) is 0 Å². The predicted octanol–water partition coefficient (Wildman–Crippen LogP) is 1.05. The van der Waals surface area contributed by atoms with Gasteiger partial charge in [0.15, 0.2) is 6.29 Å². The third-order valence-electron chi connectivity index (χ3n) is 2.24. The van der Waals surface area contributed by atoms with Crippen LogP contribution in [-0.2, 0) is 0 Å². The number of hydrogen-bond acceptors (Lipinski definition) is 3. The molecule has 2 rings (SSSR count). The van der Waals surface area contributed by atoms with Crippen molar-refractivity contribution in [1.29, 1.82) is 0 Å². The summed E-state index contributed by atoms with van der Waals surface area (Å²) < 4.78 is 0. The molecule has 64 valence electrons. The summed E-state index contributed by atoms with van der Waals surface area (Å²) in [5.41, 5.74) is 2.44. The van der Waals surface area contributed by atoms with E-state index in [2.05, 4.69) is 40.8 Å². The molecule has 0 radical (unpaired) electrons. The van der Waals surface area contributed by atoms with Crippen LogP contribution in [0.3, 0.4) is 0 Å². The first kappa shape index (κ1) is 7.43. The molecule has 0 amide bonds. The molecule has 0 saturated heterocycles. The van der Waals surface area contributed by atoms with Gasteiger partial charge in [0.1, 0.15) is 0 Å². The third kappa shape index (κ3) is 0.940. The number of anilines is 2. The summed E-state index contributed by atoms with van der Waals surface area (Å²) in [4.78, 5) is 2.18. The highest BCUT2D eigenvalue weighted by Crippen LogP contribution is 2.31. The third-order valence-corrected chi connectivity index (χ3v) is 2.24. The van der Waals surface area contributed by atoms with Crippen LogP contribution in [0.5, 0.6) is 0 Å². The van der Waals surface area contributed by atoms with Crippen molar-refractivity contribution in [3.05, 3.63) is 24.3 Å². The lowest BCUT2D eigenvalue weighted by Gasteiger charge is -2.20. The highest BCUT2D eigenvalue weighted by molar-refractivity contribution is 5.75. The molecule has 1 aliphatic rings. The second-order valence-electron chi connectivity index (χ2n) is 2.96. The molecule has 1 aliphatic heterocycles. The van der Waals surface area contributed by atoms with E-state index in [1.165, 1.54) is 11.4 Å². The normalized spacial score (nSPS) is 20.5. The summed E-state index contributed by atoms with van der Waals surface area (Å²) in [7, 11) is 4.01. The summed E-state index contributed by atoms with van der Waals surface area (Å²) in [5, 5.41) is 6.52. The van der Waals surface area contributed by atoms with Gasteiger partial charge in [0.25, 0.3) is 0 Å². The Balaban J connectivity index is 2.35. The Morgan fingerprint density at radius 1 is 1.42 bits per heavy atom. The molecular weight excluding hydrogens is 150 g/mol. The van der Waals surface area contributed by atoms with Crippen LogP contribution in [0.2, 0.25) is 0 Å². The fraction of sp³-hybridized carbons (Fsp3) is 0.333. The minimum absolute atomic E-state index is 0.224. The van der Waals surface area contributed by atoms with Crippen LogP contribution in [0.25, 0.3) is 0 Å². The first-order valence-corrected chi connectivity index (χ1v) is 4.08. The molecule has 2 N–H and O–H groups in total. The van der Waals surface area contributed by atoms with E-state index in [9.17, 15) is 0 Å². The fourth-order valence-electron chi connectivity index (χ4n) is 1.55. The minimum atomic E-state index is 0.224. The predicted molar refractivity (Wildman–Crippen MR) is 51.3 cm³/mol. The SMILES string of the molecule is CNC1Nc2ccccc2N1C. The average molecular weight is 163 g/mol. The molecule has 1 aromatic rings. The van der Waals surface area contributed by atoms with Crippen molar-refractivity contribution in [3.63, 3.8) is 0 Å². The van der Waals surface area contributed by atoms with Crippen LogP contribution < -0.4 is 15.5 Å². The van der Waals surface area contributed by atoms with Crippen molar-refractivity contribution in [2.24, 2.45) is 0 Å². The maximum absolute atomic E-state index is 3.35. The number of hydrogen-bond donors (Lipinski definition) is 2. The van der Waals surface area contributed by atoms with Gasteiger partial charge >= 0.3 is 0 Å². The Morgan fingerprint density at radius 3 is 2.83 bits per heavy atom. The van der Waals surface area contributed by atoms with Crippen LogP contribution in [0.15, 0.2) is 24.3 Å². The average Bonchev–Trinajstić information content (AvgIpc) is 2.44. The van der Waals surface area contributed by atoms with Crippen molar-refractivity contribution in [1.82, 2.24) is 5.32 Å². The van der Waals surface area contributed by atoms with Gasteiger partial charge in [-0.15, -0.1) is 0 Å². The molecule has 0 spiro atoms. The van der Waals surface area contributed by atoms with Crippen LogP contribution >= 0.6 is 0 Å². The van der Waals surface area contributed by atoms with E-state index in [0.717, 1.165) is 0 Å². The number of rotatable bonds is 1. The molecule has 12 heavy (non-hydrogen) atoms. The smallest absolute Gasteiger partial charge is 0.155 e. The zero-order chi connectivity index (χ0) is 8.55. The largest absolute Gasteiger partial charge is 0.351 e. The molecule has 1 atom stereocenters. The highest BCUT2D eigenvalue weighted by Gasteiger charge is 2.22. The Morgan fingerprint density at radius 2 is 2.17 bits per heavy atom. The van der Waals surface area contributed by atoms with Gasteiger partial charge in [-0.05, 0) is 19.2 Å². The molecule has 3 heteroatoms. The van der Waals surface area contributed by atoms with Crippen molar-refractivity contribution in [2.45, 2.75) is 6.29 Å². The van der Waals surface area contributed by atoms with E-state index < -0.39 is 0 Å². The van der Waals surface area contributed by atoms with Gasteiger partial charge in [0.05, 0.1) is 11.4 Å². The summed E-state index contributed by atoms with van der Waals surface area (Å²) in [6.07, 6.45) is 0.224. The topological polar surface area (TPSA) is 27.3 Å². The van der Waals surface area contributed by atoms with Gasteiger partial charge in [0, 0.05) is 7.05 Å². The van der Waals surface area contributed by atoms with E-state index in [0.29, 0.717) is 0 Å². The lowest BCUT2D eigenvalue weighted by atomic mass is 10.3. The van der Waals surface area contributed by atoms with Gasteiger partial charge in [-0.1, -0.05) is 12.1 Å². The quantitative estimate of drug-likeness (QED) is 0.648. The molecule has 0 fully saturated rings. The molecule has 3 nitrogen and oxygen atoms in total. The summed E-state index contributed by atoms with van der Waals surface area (Å²) in [5.74, 6) is 0. The Bertz CT molecular complexity index is 285. The molecule has 1 unspecified atom stereocenters. The zero-order valence-electron chi connectivity index (χ0n) is 7.33. The van der Waals surface area contributed by atoms with Crippen LogP contribution in [0.4, 0.5) is 11.4 Å². The Labute approximate surface area is 72.4 Å². The highest BCUT2D eigenvalue weighted by atomic mass is 15.4. The van der Waals surface area contributed by atoms with Crippen molar-refractivity contribution in [2.75, 3.05) is 24.3 Å². The van der Waals surface area contributed by atoms with Gasteiger partial charge in [-0.3, -0.25) is 5.32 Å². The van der Waals surface area contributed by atoms with E-state index in [1.54, 1.807) is 0 Å². The summed E-state index contributed by atoms with van der Waals surface area (Å²) in [6.45, 7) is 0. The molecule has 0 saturated carbocycles. The monoisotopic (exact) mass is 163 g/mol. The van der Waals surface area contributed by atoms with E-state index >= 15 is 0 Å². The Kier molecular flexibility index (Phi) is 1.66. The maximum Gasteiger partial charge on any atom is 0.155 e. The summed E-state index contributed by atoms with van der Waals surface area (Å²) in [6, 6.07) is 8.29. The molecule has 1 aromatic carbocycles. The number of para-hydroxylation sites is 2. The lowest BCUT2D eigenvalue weighted by molar-refractivity contribution is 0.635. The standard InChI is InChI=1S/C9H13N3/c1-10-9-11-7-5-3-4-6-8(7)12(9)2/h3-6,9-11H,1-2H3. The zero-order valence-corrected chi connectivity index (χ0v) is 7.33. The first-order valence-electron chi connectivity index (χ1n) is 4.08. The molecular formula is C9H13N3. The van der Waals surface area contributed by atoms with Gasteiger partial charge in [0.2, 0.25) is 0 Å². The molecule has 0 aromatic heterocycles. The minimum Gasteiger partial charge on any atom is -0.351 e. The first-order chi connectivity index (χ1) is 5.83. The van der Waals surface area contributed by atoms with Crippen molar-refractivity contribution >= 4 is 11.4 Å². The molecule has 1 heterocycles. The maximum atomic E-state index is 3.35. The van der Waals surface area contributed by atoms with Crippen LogP contribution in [0.1, 0.15) is 0 Å². The number of nitrogens with one attached hydrogen (secondary N) is 2. The fourth-order valence-corrected chi connectivity index (χ4v) is 1.55. The number of nitrogens with zero attached hydrogens (tertiary/aromatic N) is 1. The van der Waals surface area contributed by atoms with E-state index in [-0.39, 0.29) is 6.29 Å². The molecule has 0 bridgehead atoms. The number of benzene rings is 1. The second-order valence-corrected chi connectivity index (χ2v) is 2.96. The van der Waals surface area contributed by atoms with E-state index in [4.69, 9.17) is 0 Å². The summed E-state index contributed by atoms with van der Waals surface area (Å²) >= 11 is 0. The second kappa shape index (κ2) is 2.68. The van der Waals surface area contributed by atoms with Crippen LogP contribution in [0, 0.1) is 0 Å². The lowest BCUT2D eigenvalue weighted by Crippen LogP contribution is -2.43. The van der Waals surface area contributed by atoms with E-state index in [1.807, 2.05) is 13.1 Å².